The highest BCUT2D eigenvalue weighted by Crippen LogP contribution is 2.29. The summed E-state index contributed by atoms with van der Waals surface area (Å²) in [7, 11) is 0. The number of halogens is 3. The van der Waals surface area contributed by atoms with Crippen LogP contribution in [0.2, 0.25) is 0 Å². The van der Waals surface area contributed by atoms with E-state index in [0.29, 0.717) is 5.56 Å². The van der Waals surface area contributed by atoms with Gasteiger partial charge >= 0.3 is 6.36 Å². The first kappa shape index (κ1) is 21.0. The zero-order chi connectivity index (χ0) is 20.4. The minimum absolute atomic E-state index is 0.0624. The summed E-state index contributed by atoms with van der Waals surface area (Å²) in [5.41, 5.74) is -1.02. The highest BCUT2D eigenvalue weighted by atomic mass is 19.4. The first-order valence-corrected chi connectivity index (χ1v) is 8.29. The fourth-order valence-electron chi connectivity index (χ4n) is 2.83. The van der Waals surface area contributed by atoms with Crippen LogP contribution in [0.3, 0.4) is 0 Å². The van der Waals surface area contributed by atoms with Crippen LogP contribution in [0.1, 0.15) is 38.8 Å². The highest BCUT2D eigenvalue weighted by Gasteiger charge is 2.35. The molecule has 150 valence electrons. The van der Waals surface area contributed by atoms with E-state index in [1.807, 2.05) is 0 Å². The van der Waals surface area contributed by atoms with E-state index in [1.54, 1.807) is 6.92 Å². The number of carbonyl (C=O) groups is 2. The third kappa shape index (κ3) is 6.10. The van der Waals surface area contributed by atoms with Crippen LogP contribution >= 0.6 is 0 Å². The number of alkyl halides is 3. The third-order valence-electron chi connectivity index (χ3n) is 3.97. The van der Waals surface area contributed by atoms with Crippen molar-refractivity contribution < 1.29 is 32.6 Å². The van der Waals surface area contributed by atoms with Gasteiger partial charge in [0.1, 0.15) is 5.75 Å². The Labute approximate surface area is 154 Å². The van der Waals surface area contributed by atoms with Crippen LogP contribution in [0.5, 0.6) is 5.75 Å². The topological polar surface area (TPSA) is 99.7 Å². The fourth-order valence-corrected chi connectivity index (χ4v) is 2.83. The molecule has 7 nitrogen and oxygen atoms in total. The van der Waals surface area contributed by atoms with E-state index in [0.717, 1.165) is 12.1 Å². The predicted molar refractivity (Wildman–Crippen MR) is 89.5 cm³/mol. The Morgan fingerprint density at radius 2 is 1.89 bits per heavy atom. The van der Waals surface area contributed by atoms with Gasteiger partial charge in [0.25, 0.3) is 0 Å². The standard InChI is InChI=1S/C17H22F3N3O4/c1-9-21-12(8-13(24)22-9)15(25)23-14(16(2,3)26)10-4-6-11(7-5-10)27-17(18,19)20/h4-7,9,12,14,21,26H,8H2,1-3H3,(H,22,24)(H,23,25)/t9?,12?,14-/m0/s1. The summed E-state index contributed by atoms with van der Waals surface area (Å²) in [5.74, 6) is -1.19. The van der Waals surface area contributed by atoms with Crippen molar-refractivity contribution in [1.29, 1.82) is 0 Å². The second-order valence-electron chi connectivity index (χ2n) is 6.92. The number of carbonyl (C=O) groups excluding carboxylic acids is 2. The van der Waals surface area contributed by atoms with Gasteiger partial charge in [-0.15, -0.1) is 13.2 Å². The zero-order valence-electron chi connectivity index (χ0n) is 15.1. The molecule has 1 saturated heterocycles. The van der Waals surface area contributed by atoms with Gasteiger partial charge in [-0.3, -0.25) is 14.9 Å². The second kappa shape index (κ2) is 7.73. The Balaban J connectivity index is 2.16. The average molecular weight is 389 g/mol. The lowest BCUT2D eigenvalue weighted by Crippen LogP contribution is -2.60. The molecule has 2 unspecified atom stereocenters. The monoisotopic (exact) mass is 389 g/mol. The van der Waals surface area contributed by atoms with Crippen molar-refractivity contribution in [2.45, 2.75) is 57.4 Å². The van der Waals surface area contributed by atoms with Crippen molar-refractivity contribution in [2.24, 2.45) is 0 Å². The van der Waals surface area contributed by atoms with Gasteiger partial charge in [0.15, 0.2) is 0 Å². The van der Waals surface area contributed by atoms with E-state index in [2.05, 4.69) is 20.7 Å². The summed E-state index contributed by atoms with van der Waals surface area (Å²) in [6, 6.07) is 3.16. The molecule has 1 aliphatic rings. The maximum Gasteiger partial charge on any atom is 0.573 e. The molecule has 1 aromatic carbocycles. The van der Waals surface area contributed by atoms with Crippen molar-refractivity contribution in [3.63, 3.8) is 0 Å². The number of hydrogen-bond acceptors (Lipinski definition) is 5. The summed E-state index contributed by atoms with van der Waals surface area (Å²) in [5, 5.41) is 18.6. The lowest BCUT2D eigenvalue weighted by molar-refractivity contribution is -0.274. The molecule has 1 fully saturated rings. The smallest absolute Gasteiger partial charge is 0.406 e. The van der Waals surface area contributed by atoms with Crippen molar-refractivity contribution in [2.75, 3.05) is 0 Å². The van der Waals surface area contributed by atoms with Gasteiger partial charge in [-0.05, 0) is 38.5 Å². The number of aliphatic hydroxyl groups is 1. The summed E-state index contributed by atoms with van der Waals surface area (Å²) < 4.78 is 40.6. The number of rotatable bonds is 5. The van der Waals surface area contributed by atoms with Crippen molar-refractivity contribution in [3.05, 3.63) is 29.8 Å². The van der Waals surface area contributed by atoms with E-state index < -0.39 is 35.7 Å². The predicted octanol–water partition coefficient (Wildman–Crippen LogP) is 1.34. The SMILES string of the molecule is CC1NC(=O)CC(C(=O)N[C@@H](c2ccc(OC(F)(F)F)cc2)C(C)(C)O)N1. The molecule has 2 amide bonds. The zero-order valence-corrected chi connectivity index (χ0v) is 15.1. The summed E-state index contributed by atoms with van der Waals surface area (Å²) >= 11 is 0. The number of hydrogen-bond donors (Lipinski definition) is 4. The molecule has 0 aromatic heterocycles. The maximum atomic E-state index is 12.5. The van der Waals surface area contributed by atoms with Crippen LogP contribution in [-0.4, -0.2) is 41.1 Å². The van der Waals surface area contributed by atoms with Crippen molar-refractivity contribution >= 4 is 11.8 Å². The van der Waals surface area contributed by atoms with E-state index in [1.165, 1.54) is 26.0 Å². The Morgan fingerprint density at radius 3 is 2.37 bits per heavy atom. The second-order valence-corrected chi connectivity index (χ2v) is 6.92. The normalized spacial score (nSPS) is 22.0. The summed E-state index contributed by atoms with van der Waals surface area (Å²) in [6.07, 6.45) is -5.26. The first-order chi connectivity index (χ1) is 12.3. The largest absolute Gasteiger partial charge is 0.573 e. The molecular weight excluding hydrogens is 367 g/mol. The van der Waals surface area contributed by atoms with E-state index in [4.69, 9.17) is 0 Å². The van der Waals surface area contributed by atoms with E-state index in [-0.39, 0.29) is 18.5 Å². The highest BCUT2D eigenvalue weighted by molar-refractivity contribution is 5.89. The Morgan fingerprint density at radius 1 is 1.30 bits per heavy atom. The number of amides is 2. The van der Waals surface area contributed by atoms with Gasteiger partial charge in [0, 0.05) is 0 Å². The maximum absolute atomic E-state index is 12.5. The molecule has 1 aromatic rings. The van der Waals surface area contributed by atoms with Gasteiger partial charge in [0.2, 0.25) is 11.8 Å². The molecule has 1 heterocycles. The fraction of sp³-hybridized carbons (Fsp3) is 0.529. The molecule has 10 heteroatoms. The number of benzene rings is 1. The lowest BCUT2D eigenvalue weighted by atomic mass is 9.91. The van der Waals surface area contributed by atoms with Gasteiger partial charge in [-0.2, -0.15) is 0 Å². The lowest BCUT2D eigenvalue weighted by Gasteiger charge is -2.34. The van der Waals surface area contributed by atoms with Crippen molar-refractivity contribution in [1.82, 2.24) is 16.0 Å². The molecule has 1 aliphatic heterocycles. The quantitative estimate of drug-likeness (QED) is 0.609. The minimum Gasteiger partial charge on any atom is -0.406 e. The minimum atomic E-state index is -4.81. The van der Waals surface area contributed by atoms with Crippen LogP contribution in [0, 0.1) is 0 Å². The molecule has 27 heavy (non-hydrogen) atoms. The number of ether oxygens (including phenoxy) is 1. The van der Waals surface area contributed by atoms with Crippen LogP contribution in [-0.2, 0) is 9.59 Å². The van der Waals surface area contributed by atoms with Crippen molar-refractivity contribution in [3.8, 4) is 5.75 Å². The molecule has 0 spiro atoms. The van der Waals surface area contributed by atoms with Crippen LogP contribution in [0.25, 0.3) is 0 Å². The number of nitrogens with one attached hydrogen (secondary N) is 3. The Kier molecular flexibility index (Phi) is 6.01. The van der Waals surface area contributed by atoms with Crippen LogP contribution in [0.4, 0.5) is 13.2 Å². The third-order valence-corrected chi connectivity index (χ3v) is 3.97. The van der Waals surface area contributed by atoms with Crippen LogP contribution in [0.15, 0.2) is 24.3 Å². The van der Waals surface area contributed by atoms with E-state index in [9.17, 15) is 27.9 Å². The Bertz CT molecular complexity index is 686. The molecule has 0 saturated carbocycles. The Hall–Kier alpha value is -2.33. The van der Waals surface area contributed by atoms with Crippen LogP contribution < -0.4 is 20.7 Å². The molecule has 4 N–H and O–H groups in total. The molecule has 0 radical (unpaired) electrons. The van der Waals surface area contributed by atoms with Gasteiger partial charge in [0.05, 0.1) is 30.3 Å². The molecule has 2 rings (SSSR count). The molecule has 0 bridgehead atoms. The molecule has 3 atom stereocenters. The molecule has 0 aliphatic carbocycles. The summed E-state index contributed by atoms with van der Waals surface area (Å²) in [4.78, 5) is 24.1. The van der Waals surface area contributed by atoms with E-state index >= 15 is 0 Å². The van der Waals surface area contributed by atoms with Gasteiger partial charge in [-0.25, -0.2) is 0 Å². The average Bonchev–Trinajstić information content (AvgIpc) is 2.50. The van der Waals surface area contributed by atoms with Gasteiger partial charge in [-0.1, -0.05) is 12.1 Å². The summed E-state index contributed by atoms with van der Waals surface area (Å²) in [6.45, 7) is 4.60. The van der Waals surface area contributed by atoms with Gasteiger partial charge < -0.3 is 20.5 Å². The first-order valence-electron chi connectivity index (χ1n) is 8.29. The molecular formula is C17H22F3N3O4.